The molecule has 0 fully saturated rings. The quantitative estimate of drug-likeness (QED) is 0.734. The van der Waals surface area contributed by atoms with Crippen LogP contribution in [0.15, 0.2) is 71.9 Å². The van der Waals surface area contributed by atoms with Gasteiger partial charge in [-0.2, -0.15) is 5.10 Å². The van der Waals surface area contributed by atoms with Crippen LogP contribution in [0.1, 0.15) is 5.56 Å². The Morgan fingerprint density at radius 1 is 1.04 bits per heavy atom. The molecule has 7 heteroatoms. The summed E-state index contributed by atoms with van der Waals surface area (Å²) < 4.78 is 28.8. The maximum Gasteiger partial charge on any atom is 0.242 e. The molecule has 2 aromatic carbocycles. The maximum absolute atomic E-state index is 12.3. The van der Waals surface area contributed by atoms with Gasteiger partial charge in [-0.05, 0) is 36.2 Å². The van der Waals surface area contributed by atoms with Crippen molar-refractivity contribution in [3.8, 4) is 5.69 Å². The Morgan fingerprint density at radius 2 is 1.75 bits per heavy atom. The Hall–Kier alpha value is -2.15. The van der Waals surface area contributed by atoms with Crippen LogP contribution in [0.5, 0.6) is 0 Å². The summed E-state index contributed by atoms with van der Waals surface area (Å²) in [4.78, 5) is 0.0895. The van der Waals surface area contributed by atoms with Gasteiger partial charge in [0, 0.05) is 12.7 Å². The number of nitrogens with zero attached hydrogens (tertiary/aromatic N) is 2. The van der Waals surface area contributed by atoms with E-state index in [1.54, 1.807) is 29.1 Å². The van der Waals surface area contributed by atoms with Crippen molar-refractivity contribution in [2.45, 2.75) is 11.3 Å². The zero-order valence-corrected chi connectivity index (χ0v) is 14.3. The van der Waals surface area contributed by atoms with E-state index in [2.05, 4.69) is 9.82 Å². The number of para-hydroxylation sites is 1. The lowest BCUT2D eigenvalue weighted by Gasteiger charge is -2.07. The third-order valence-corrected chi connectivity index (χ3v) is 5.45. The van der Waals surface area contributed by atoms with Crippen LogP contribution in [0.3, 0.4) is 0 Å². The summed E-state index contributed by atoms with van der Waals surface area (Å²) in [5, 5.41) is 4.50. The van der Waals surface area contributed by atoms with E-state index in [1.165, 1.54) is 6.07 Å². The number of benzene rings is 2. The lowest BCUT2D eigenvalue weighted by Crippen LogP contribution is -2.26. The van der Waals surface area contributed by atoms with E-state index in [1.807, 2.05) is 36.5 Å². The molecule has 0 atom stereocenters. The van der Waals surface area contributed by atoms with Crippen molar-refractivity contribution < 1.29 is 8.42 Å². The minimum Gasteiger partial charge on any atom is -0.241 e. The average Bonchev–Trinajstić information content (AvgIpc) is 3.05. The van der Waals surface area contributed by atoms with Crippen molar-refractivity contribution in [2.75, 3.05) is 6.54 Å². The summed E-state index contributed by atoms with van der Waals surface area (Å²) in [7, 11) is -3.62. The van der Waals surface area contributed by atoms with Gasteiger partial charge in [0.2, 0.25) is 10.0 Å². The van der Waals surface area contributed by atoms with Gasteiger partial charge in [0.25, 0.3) is 0 Å². The first kappa shape index (κ1) is 16.7. The summed E-state index contributed by atoms with van der Waals surface area (Å²) >= 11 is 5.94. The largest absolute Gasteiger partial charge is 0.242 e. The smallest absolute Gasteiger partial charge is 0.241 e. The van der Waals surface area contributed by atoms with Crippen LogP contribution < -0.4 is 4.72 Å². The lowest BCUT2D eigenvalue weighted by molar-refractivity contribution is 0.581. The van der Waals surface area contributed by atoms with Gasteiger partial charge in [0.15, 0.2) is 0 Å². The molecule has 0 aliphatic heterocycles. The van der Waals surface area contributed by atoms with Gasteiger partial charge >= 0.3 is 0 Å². The molecule has 0 saturated heterocycles. The molecule has 0 spiro atoms. The Balaban J connectivity index is 1.63. The first-order valence-corrected chi connectivity index (χ1v) is 9.25. The number of rotatable bonds is 6. The number of sulfonamides is 1. The topological polar surface area (TPSA) is 64.0 Å². The molecule has 0 aliphatic rings. The first-order valence-electron chi connectivity index (χ1n) is 7.39. The van der Waals surface area contributed by atoms with E-state index in [0.717, 1.165) is 11.3 Å². The van der Waals surface area contributed by atoms with Crippen molar-refractivity contribution >= 4 is 21.6 Å². The molecule has 0 unspecified atom stereocenters. The summed E-state index contributed by atoms with van der Waals surface area (Å²) in [5.41, 5.74) is 1.90. The average molecular weight is 362 g/mol. The number of hydrogen-bond acceptors (Lipinski definition) is 3. The second kappa shape index (κ2) is 7.17. The molecule has 124 valence electrons. The molecule has 3 rings (SSSR count). The van der Waals surface area contributed by atoms with Crippen LogP contribution in [-0.4, -0.2) is 24.7 Å². The van der Waals surface area contributed by atoms with Gasteiger partial charge in [0.1, 0.15) is 4.90 Å². The van der Waals surface area contributed by atoms with Crippen molar-refractivity contribution in [3.63, 3.8) is 0 Å². The van der Waals surface area contributed by atoms with Crippen LogP contribution >= 0.6 is 11.6 Å². The van der Waals surface area contributed by atoms with E-state index >= 15 is 0 Å². The van der Waals surface area contributed by atoms with E-state index in [4.69, 9.17) is 11.6 Å². The monoisotopic (exact) mass is 361 g/mol. The van der Waals surface area contributed by atoms with E-state index < -0.39 is 10.0 Å². The standard InChI is InChI=1S/C17H16ClN3O2S/c18-16-8-4-5-9-17(16)24(22,23)20-11-10-14-12-19-21(13-14)15-6-2-1-3-7-15/h1-9,12-13,20H,10-11H2. The van der Waals surface area contributed by atoms with Gasteiger partial charge < -0.3 is 0 Å². The molecule has 1 N–H and O–H groups in total. The zero-order valence-electron chi connectivity index (χ0n) is 12.8. The Bertz CT molecular complexity index is 924. The fraction of sp³-hybridized carbons (Fsp3) is 0.118. The lowest BCUT2D eigenvalue weighted by atomic mass is 10.2. The van der Waals surface area contributed by atoms with Gasteiger partial charge in [-0.3, -0.25) is 0 Å². The molecule has 0 saturated carbocycles. The Kier molecular flexibility index (Phi) is 4.99. The summed E-state index contributed by atoms with van der Waals surface area (Å²) in [6.07, 6.45) is 4.16. The second-order valence-electron chi connectivity index (χ2n) is 5.21. The SMILES string of the molecule is O=S(=O)(NCCc1cnn(-c2ccccc2)c1)c1ccccc1Cl. The highest BCUT2D eigenvalue weighted by atomic mass is 35.5. The van der Waals surface area contributed by atoms with Crippen molar-refractivity contribution in [1.82, 2.24) is 14.5 Å². The highest BCUT2D eigenvalue weighted by Crippen LogP contribution is 2.20. The number of nitrogens with one attached hydrogen (secondary N) is 1. The number of hydrogen-bond donors (Lipinski definition) is 1. The summed E-state index contributed by atoms with van der Waals surface area (Å²) in [6.45, 7) is 0.272. The Labute approximate surface area is 145 Å². The normalized spacial score (nSPS) is 11.5. The van der Waals surface area contributed by atoms with Gasteiger partial charge in [-0.25, -0.2) is 17.8 Å². The predicted octanol–water partition coefficient (Wildman–Crippen LogP) is 3.05. The van der Waals surface area contributed by atoms with Crippen LogP contribution in [-0.2, 0) is 16.4 Å². The minimum atomic E-state index is -3.62. The molecule has 3 aromatic rings. The predicted molar refractivity (Wildman–Crippen MR) is 93.9 cm³/mol. The zero-order chi connectivity index (χ0) is 17.0. The molecule has 1 aromatic heterocycles. The van der Waals surface area contributed by atoms with Crippen LogP contribution in [0.2, 0.25) is 5.02 Å². The van der Waals surface area contributed by atoms with Gasteiger partial charge in [0.05, 0.1) is 16.9 Å². The molecule has 0 aliphatic carbocycles. The third-order valence-electron chi connectivity index (χ3n) is 3.49. The fourth-order valence-corrected chi connectivity index (χ4v) is 3.83. The van der Waals surface area contributed by atoms with Crippen LogP contribution in [0.4, 0.5) is 0 Å². The van der Waals surface area contributed by atoms with E-state index in [9.17, 15) is 8.42 Å². The first-order chi connectivity index (χ1) is 11.6. The highest BCUT2D eigenvalue weighted by Gasteiger charge is 2.16. The van der Waals surface area contributed by atoms with Gasteiger partial charge in [-0.15, -0.1) is 0 Å². The van der Waals surface area contributed by atoms with Crippen molar-refractivity contribution in [3.05, 3.63) is 77.6 Å². The molecule has 0 amide bonds. The Morgan fingerprint density at radius 3 is 2.50 bits per heavy atom. The number of aromatic nitrogens is 2. The van der Waals surface area contributed by atoms with Gasteiger partial charge in [-0.1, -0.05) is 41.9 Å². The van der Waals surface area contributed by atoms with Crippen molar-refractivity contribution in [1.29, 1.82) is 0 Å². The molecule has 24 heavy (non-hydrogen) atoms. The maximum atomic E-state index is 12.3. The van der Waals surface area contributed by atoms with E-state index in [-0.39, 0.29) is 16.5 Å². The third kappa shape index (κ3) is 3.84. The molecular weight excluding hydrogens is 346 g/mol. The summed E-state index contributed by atoms with van der Waals surface area (Å²) in [5.74, 6) is 0. The molecular formula is C17H16ClN3O2S. The second-order valence-corrected chi connectivity index (χ2v) is 7.35. The molecule has 1 heterocycles. The van der Waals surface area contributed by atoms with Crippen LogP contribution in [0.25, 0.3) is 5.69 Å². The molecule has 5 nitrogen and oxygen atoms in total. The number of halogens is 1. The summed E-state index contributed by atoms with van der Waals surface area (Å²) in [6, 6.07) is 16.1. The molecule has 0 radical (unpaired) electrons. The van der Waals surface area contributed by atoms with Crippen molar-refractivity contribution in [2.24, 2.45) is 0 Å². The fourth-order valence-electron chi connectivity index (χ4n) is 2.28. The van der Waals surface area contributed by atoms with E-state index in [0.29, 0.717) is 6.42 Å². The molecule has 0 bridgehead atoms. The van der Waals surface area contributed by atoms with Crippen LogP contribution in [0, 0.1) is 0 Å². The minimum absolute atomic E-state index is 0.0895. The highest BCUT2D eigenvalue weighted by molar-refractivity contribution is 7.89.